The molecule has 0 aliphatic rings. The predicted octanol–water partition coefficient (Wildman–Crippen LogP) is 2.15. The third-order valence-electron chi connectivity index (χ3n) is 2.91. The molecule has 2 rings (SSSR count). The van der Waals surface area contributed by atoms with Crippen LogP contribution in [0.25, 0.3) is 11.0 Å². The van der Waals surface area contributed by atoms with Gasteiger partial charge in [-0.2, -0.15) is 0 Å². The molecule has 5 heteroatoms. The lowest BCUT2D eigenvalue weighted by molar-refractivity contribution is 0.0771. The van der Waals surface area contributed by atoms with E-state index >= 15 is 0 Å². The Morgan fingerprint density at radius 3 is 2.79 bits per heavy atom. The molecule has 2 heterocycles. The van der Waals surface area contributed by atoms with Gasteiger partial charge in [0.05, 0.1) is 28.7 Å². The molecule has 0 unspecified atom stereocenters. The zero-order chi connectivity index (χ0) is 13.8. The van der Waals surface area contributed by atoms with Crippen molar-refractivity contribution in [3.8, 4) is 0 Å². The molecule has 0 aromatic carbocycles. The monoisotopic (exact) mass is 260 g/mol. The molecule has 0 saturated carbocycles. The number of aryl methyl sites for hydroxylation is 1. The van der Waals surface area contributed by atoms with E-state index in [1.54, 1.807) is 6.20 Å². The number of pyridine rings is 2. The van der Waals surface area contributed by atoms with E-state index in [-0.39, 0.29) is 6.10 Å². The van der Waals surface area contributed by atoms with Crippen molar-refractivity contribution in [1.82, 2.24) is 9.97 Å². The standard InChI is InChI=1S/C14H20N4O/c1-9(2)19-8-4-6-10-12(15)13(16)14-11(18-10)5-3-7-17-14/h3,5,7,9H,4,6,8,15H2,1-2H3,(H2,16,18). The van der Waals surface area contributed by atoms with Gasteiger partial charge in [0.1, 0.15) is 5.52 Å². The van der Waals surface area contributed by atoms with Gasteiger partial charge >= 0.3 is 0 Å². The van der Waals surface area contributed by atoms with Crippen molar-refractivity contribution in [1.29, 1.82) is 0 Å². The van der Waals surface area contributed by atoms with Gasteiger partial charge in [-0.05, 0) is 38.8 Å². The highest BCUT2D eigenvalue weighted by Gasteiger charge is 2.10. The lowest BCUT2D eigenvalue weighted by atomic mass is 10.1. The van der Waals surface area contributed by atoms with Gasteiger partial charge in [-0.25, -0.2) is 4.98 Å². The molecule has 0 aliphatic carbocycles. The second kappa shape index (κ2) is 5.84. The molecule has 0 saturated heterocycles. The first-order chi connectivity index (χ1) is 9.09. The fraction of sp³-hybridized carbons (Fsp3) is 0.429. The number of anilines is 2. The minimum atomic E-state index is 0.246. The van der Waals surface area contributed by atoms with Crippen LogP contribution in [0, 0.1) is 0 Å². The number of aromatic nitrogens is 2. The van der Waals surface area contributed by atoms with Gasteiger partial charge in [-0.3, -0.25) is 4.98 Å². The Morgan fingerprint density at radius 1 is 1.26 bits per heavy atom. The summed E-state index contributed by atoms with van der Waals surface area (Å²) in [5, 5.41) is 0. The number of ether oxygens (including phenoxy) is 1. The van der Waals surface area contributed by atoms with Crippen molar-refractivity contribution in [2.45, 2.75) is 32.8 Å². The summed E-state index contributed by atoms with van der Waals surface area (Å²) in [5.74, 6) is 0. The van der Waals surface area contributed by atoms with Crippen LogP contribution in [0.15, 0.2) is 18.3 Å². The third-order valence-corrected chi connectivity index (χ3v) is 2.91. The number of rotatable bonds is 5. The number of hydrogen-bond acceptors (Lipinski definition) is 5. The molecular formula is C14H20N4O. The van der Waals surface area contributed by atoms with Crippen LogP contribution in [-0.4, -0.2) is 22.7 Å². The topological polar surface area (TPSA) is 87.0 Å². The van der Waals surface area contributed by atoms with E-state index in [2.05, 4.69) is 9.97 Å². The van der Waals surface area contributed by atoms with E-state index in [0.29, 0.717) is 23.5 Å². The summed E-state index contributed by atoms with van der Waals surface area (Å²) < 4.78 is 5.51. The first-order valence-corrected chi connectivity index (χ1v) is 6.49. The molecule has 0 atom stereocenters. The number of hydrogen-bond donors (Lipinski definition) is 2. The normalized spacial score (nSPS) is 11.3. The number of nitrogens with two attached hydrogens (primary N) is 2. The van der Waals surface area contributed by atoms with Crippen LogP contribution in [0.5, 0.6) is 0 Å². The van der Waals surface area contributed by atoms with Gasteiger partial charge in [0.25, 0.3) is 0 Å². The zero-order valence-corrected chi connectivity index (χ0v) is 11.4. The van der Waals surface area contributed by atoms with E-state index in [1.807, 2.05) is 26.0 Å². The van der Waals surface area contributed by atoms with Gasteiger partial charge in [0.2, 0.25) is 0 Å². The van der Waals surface area contributed by atoms with Crippen molar-refractivity contribution in [2.75, 3.05) is 18.1 Å². The first kappa shape index (κ1) is 13.5. The van der Waals surface area contributed by atoms with Crippen molar-refractivity contribution >= 4 is 22.4 Å². The maximum atomic E-state index is 6.02. The predicted molar refractivity (Wildman–Crippen MR) is 77.8 cm³/mol. The summed E-state index contributed by atoms with van der Waals surface area (Å²) in [5.41, 5.74) is 15.4. The second-order valence-corrected chi connectivity index (χ2v) is 4.78. The molecule has 2 aromatic heterocycles. The highest BCUT2D eigenvalue weighted by atomic mass is 16.5. The van der Waals surface area contributed by atoms with Gasteiger partial charge < -0.3 is 16.2 Å². The lowest BCUT2D eigenvalue weighted by Gasteiger charge is -2.11. The van der Waals surface area contributed by atoms with Gasteiger partial charge in [-0.1, -0.05) is 0 Å². The van der Waals surface area contributed by atoms with Crippen LogP contribution in [-0.2, 0) is 11.2 Å². The molecule has 0 fully saturated rings. The van der Waals surface area contributed by atoms with Crippen LogP contribution < -0.4 is 11.5 Å². The van der Waals surface area contributed by atoms with E-state index in [9.17, 15) is 0 Å². The van der Waals surface area contributed by atoms with E-state index in [4.69, 9.17) is 16.2 Å². The molecule has 5 nitrogen and oxygen atoms in total. The van der Waals surface area contributed by atoms with Crippen LogP contribution >= 0.6 is 0 Å². The summed E-state index contributed by atoms with van der Waals surface area (Å²) in [6.45, 7) is 4.74. The fourth-order valence-electron chi connectivity index (χ4n) is 1.93. The van der Waals surface area contributed by atoms with Gasteiger partial charge in [0.15, 0.2) is 0 Å². The maximum Gasteiger partial charge on any atom is 0.114 e. The fourth-order valence-corrected chi connectivity index (χ4v) is 1.93. The molecule has 2 aromatic rings. The first-order valence-electron chi connectivity index (χ1n) is 6.49. The third kappa shape index (κ3) is 3.12. The quantitative estimate of drug-likeness (QED) is 0.804. The summed E-state index contributed by atoms with van der Waals surface area (Å²) in [6.07, 6.45) is 3.57. The van der Waals surface area contributed by atoms with Crippen molar-refractivity contribution in [3.63, 3.8) is 0 Å². The second-order valence-electron chi connectivity index (χ2n) is 4.78. The Morgan fingerprint density at radius 2 is 2.05 bits per heavy atom. The number of fused-ring (bicyclic) bond motifs is 1. The van der Waals surface area contributed by atoms with Crippen LogP contribution in [0.1, 0.15) is 26.0 Å². The molecule has 19 heavy (non-hydrogen) atoms. The smallest absolute Gasteiger partial charge is 0.114 e. The maximum absolute atomic E-state index is 6.02. The summed E-state index contributed by atoms with van der Waals surface area (Å²) >= 11 is 0. The minimum absolute atomic E-state index is 0.246. The van der Waals surface area contributed by atoms with Crippen LogP contribution in [0.3, 0.4) is 0 Å². The molecule has 0 spiro atoms. The number of nitrogens with zero attached hydrogens (tertiary/aromatic N) is 2. The van der Waals surface area contributed by atoms with Gasteiger partial charge in [0, 0.05) is 12.8 Å². The molecular weight excluding hydrogens is 240 g/mol. The average molecular weight is 260 g/mol. The molecule has 0 radical (unpaired) electrons. The van der Waals surface area contributed by atoms with E-state index in [1.165, 1.54) is 0 Å². The Labute approximate surface area is 113 Å². The minimum Gasteiger partial charge on any atom is -0.396 e. The summed E-state index contributed by atoms with van der Waals surface area (Å²) in [6, 6.07) is 3.74. The Hall–Kier alpha value is -1.88. The Balaban J connectivity index is 2.17. The Bertz CT molecular complexity index is 569. The van der Waals surface area contributed by atoms with Gasteiger partial charge in [-0.15, -0.1) is 0 Å². The van der Waals surface area contributed by atoms with Crippen LogP contribution in [0.4, 0.5) is 11.4 Å². The molecule has 0 bridgehead atoms. The Kier molecular flexibility index (Phi) is 4.16. The summed E-state index contributed by atoms with van der Waals surface area (Å²) in [7, 11) is 0. The SMILES string of the molecule is CC(C)OCCCc1nc2cccnc2c(N)c1N. The highest BCUT2D eigenvalue weighted by molar-refractivity contribution is 5.93. The summed E-state index contributed by atoms with van der Waals surface area (Å²) in [4.78, 5) is 8.74. The van der Waals surface area contributed by atoms with Crippen LogP contribution in [0.2, 0.25) is 0 Å². The molecule has 0 amide bonds. The molecule has 4 N–H and O–H groups in total. The zero-order valence-electron chi connectivity index (χ0n) is 11.4. The molecule has 102 valence electrons. The average Bonchev–Trinajstić information content (AvgIpc) is 2.40. The van der Waals surface area contributed by atoms with Crippen molar-refractivity contribution < 1.29 is 4.74 Å². The van der Waals surface area contributed by atoms with Crippen molar-refractivity contribution in [2.24, 2.45) is 0 Å². The number of nitrogen functional groups attached to an aromatic ring is 2. The largest absolute Gasteiger partial charge is 0.396 e. The van der Waals surface area contributed by atoms with E-state index in [0.717, 1.165) is 24.1 Å². The van der Waals surface area contributed by atoms with E-state index < -0.39 is 0 Å². The lowest BCUT2D eigenvalue weighted by Crippen LogP contribution is -2.08. The molecule has 0 aliphatic heterocycles. The van der Waals surface area contributed by atoms with Crippen molar-refractivity contribution in [3.05, 3.63) is 24.0 Å². The highest BCUT2D eigenvalue weighted by Crippen LogP contribution is 2.26.